The van der Waals surface area contributed by atoms with Crippen molar-refractivity contribution in [3.8, 4) is 23.3 Å². The minimum absolute atomic E-state index is 0.0914. The topological polar surface area (TPSA) is 98.5 Å². The van der Waals surface area contributed by atoms with Crippen LogP contribution in [0, 0.1) is 18.3 Å². The first-order valence-corrected chi connectivity index (χ1v) is 12.2. The van der Waals surface area contributed by atoms with Crippen LogP contribution in [0.15, 0.2) is 73.6 Å². The highest BCUT2D eigenvalue weighted by atomic mass is 35.5. The number of allylic oxidation sites excluding steroid dienone is 2. The first-order valence-electron chi connectivity index (χ1n) is 11.8. The highest BCUT2D eigenvalue weighted by Gasteiger charge is 2.23. The van der Waals surface area contributed by atoms with Crippen molar-refractivity contribution in [2.24, 2.45) is 0 Å². The van der Waals surface area contributed by atoms with E-state index in [4.69, 9.17) is 31.1 Å². The molecule has 38 heavy (non-hydrogen) atoms. The maximum Gasteiger partial charge on any atom is 0.153 e. The van der Waals surface area contributed by atoms with Crippen LogP contribution in [0.5, 0.6) is 17.2 Å². The summed E-state index contributed by atoms with van der Waals surface area (Å²) < 4.78 is 18.3. The van der Waals surface area contributed by atoms with Gasteiger partial charge in [0, 0.05) is 36.0 Å². The SMILES string of the molecule is C=C/C=C\CC(Oc1ccc(C=O)cc1C)[C@@H](C)Oc1cc(OCc2cncc(C#N)c2)c(C=O)cc1Cl. The molecule has 0 saturated carbocycles. The summed E-state index contributed by atoms with van der Waals surface area (Å²) in [6.45, 7) is 7.51. The molecule has 0 fully saturated rings. The monoisotopic (exact) mass is 530 g/mol. The molecule has 0 saturated heterocycles. The van der Waals surface area contributed by atoms with Crippen LogP contribution in [0.25, 0.3) is 0 Å². The van der Waals surface area contributed by atoms with Gasteiger partial charge in [0.05, 0.1) is 16.1 Å². The zero-order valence-electron chi connectivity index (χ0n) is 21.1. The van der Waals surface area contributed by atoms with E-state index < -0.39 is 12.2 Å². The summed E-state index contributed by atoms with van der Waals surface area (Å²) in [5.74, 6) is 1.22. The Labute approximate surface area is 226 Å². The van der Waals surface area contributed by atoms with Gasteiger partial charge in [0.25, 0.3) is 0 Å². The van der Waals surface area contributed by atoms with Crippen molar-refractivity contribution in [1.82, 2.24) is 4.98 Å². The number of aromatic nitrogens is 1. The Morgan fingerprint density at radius 1 is 1.08 bits per heavy atom. The summed E-state index contributed by atoms with van der Waals surface area (Å²) in [7, 11) is 0. The Morgan fingerprint density at radius 2 is 1.89 bits per heavy atom. The lowest BCUT2D eigenvalue weighted by Crippen LogP contribution is -2.34. The lowest BCUT2D eigenvalue weighted by atomic mass is 10.1. The zero-order valence-corrected chi connectivity index (χ0v) is 21.9. The molecule has 0 bridgehead atoms. The Kier molecular flexibility index (Phi) is 10.2. The second-order valence-corrected chi connectivity index (χ2v) is 8.85. The molecule has 0 N–H and O–H groups in total. The molecular weight excluding hydrogens is 504 g/mol. The van der Waals surface area contributed by atoms with Gasteiger partial charge in [-0.15, -0.1) is 0 Å². The number of aldehydes is 2. The lowest BCUT2D eigenvalue weighted by molar-refractivity contribution is 0.0668. The van der Waals surface area contributed by atoms with Crippen LogP contribution >= 0.6 is 11.6 Å². The molecule has 7 nitrogen and oxygen atoms in total. The fraction of sp³-hybridized carbons (Fsp3) is 0.200. The number of halogens is 1. The summed E-state index contributed by atoms with van der Waals surface area (Å²) >= 11 is 6.44. The van der Waals surface area contributed by atoms with Crippen molar-refractivity contribution < 1.29 is 23.8 Å². The number of nitriles is 1. The summed E-state index contributed by atoms with van der Waals surface area (Å²) in [6.07, 6.45) is 9.50. The molecule has 0 aliphatic rings. The smallest absolute Gasteiger partial charge is 0.153 e. The van der Waals surface area contributed by atoms with Crippen molar-refractivity contribution in [3.63, 3.8) is 0 Å². The molecule has 1 aromatic heterocycles. The van der Waals surface area contributed by atoms with Crippen LogP contribution in [0.2, 0.25) is 5.02 Å². The van der Waals surface area contributed by atoms with E-state index in [0.29, 0.717) is 40.9 Å². The first kappa shape index (κ1) is 28.2. The van der Waals surface area contributed by atoms with E-state index in [1.165, 1.54) is 12.3 Å². The van der Waals surface area contributed by atoms with E-state index in [0.717, 1.165) is 11.8 Å². The standard InChI is InChI=1S/C30H27ClN2O5/c1-4-5-6-7-28(38-27-9-8-22(17-34)10-20(27)2)21(3)37-30-13-29(25(18-35)12-26(30)31)36-19-24-11-23(14-32)15-33-16-24/h4-6,8-13,15-18,21,28H,1,7,19H2,2-3H3/b6-5-/t21-,28?/m1/s1. The molecular formula is C30H27ClN2O5. The van der Waals surface area contributed by atoms with Crippen molar-refractivity contribution in [2.45, 2.75) is 39.1 Å². The minimum atomic E-state index is -0.474. The molecule has 0 radical (unpaired) electrons. The van der Waals surface area contributed by atoms with E-state index in [1.54, 1.807) is 42.6 Å². The van der Waals surface area contributed by atoms with Crippen molar-refractivity contribution in [2.75, 3.05) is 0 Å². The molecule has 3 rings (SSSR count). The van der Waals surface area contributed by atoms with E-state index in [9.17, 15) is 9.59 Å². The maximum atomic E-state index is 11.7. The van der Waals surface area contributed by atoms with E-state index in [-0.39, 0.29) is 22.9 Å². The van der Waals surface area contributed by atoms with Crippen molar-refractivity contribution >= 4 is 24.2 Å². The van der Waals surface area contributed by atoms with Gasteiger partial charge in [-0.05, 0) is 49.7 Å². The van der Waals surface area contributed by atoms with Crippen LogP contribution in [-0.4, -0.2) is 29.8 Å². The van der Waals surface area contributed by atoms with Gasteiger partial charge in [0.15, 0.2) is 6.29 Å². The van der Waals surface area contributed by atoms with Gasteiger partial charge in [-0.3, -0.25) is 14.6 Å². The van der Waals surface area contributed by atoms with E-state index in [2.05, 4.69) is 11.6 Å². The Hall–Kier alpha value is -4.41. The van der Waals surface area contributed by atoms with Gasteiger partial charge in [-0.25, -0.2) is 0 Å². The van der Waals surface area contributed by atoms with Crippen LogP contribution < -0.4 is 14.2 Å². The molecule has 2 aromatic carbocycles. The largest absolute Gasteiger partial charge is 0.488 e. The van der Waals surface area contributed by atoms with Gasteiger partial charge in [-0.1, -0.05) is 36.4 Å². The van der Waals surface area contributed by atoms with Crippen LogP contribution in [-0.2, 0) is 6.61 Å². The fourth-order valence-corrected chi connectivity index (χ4v) is 3.82. The average molecular weight is 531 g/mol. The Bertz CT molecular complexity index is 1380. The number of carbonyl (C=O) groups is 2. The number of nitrogens with zero attached hydrogens (tertiary/aromatic N) is 2. The Morgan fingerprint density at radius 3 is 2.58 bits per heavy atom. The number of hydrogen-bond donors (Lipinski definition) is 0. The summed E-state index contributed by atoms with van der Waals surface area (Å²) in [4.78, 5) is 26.8. The van der Waals surface area contributed by atoms with Gasteiger partial charge in [0.2, 0.25) is 0 Å². The number of rotatable bonds is 13. The molecule has 0 amide bonds. The molecule has 0 spiro atoms. The normalized spacial score (nSPS) is 12.3. The fourth-order valence-electron chi connectivity index (χ4n) is 3.61. The molecule has 3 aromatic rings. The predicted molar refractivity (Wildman–Crippen MR) is 145 cm³/mol. The third-order valence-electron chi connectivity index (χ3n) is 5.60. The number of carbonyl (C=O) groups excluding carboxylic acids is 2. The molecule has 194 valence electrons. The summed E-state index contributed by atoms with van der Waals surface area (Å²) in [5.41, 5.74) is 2.71. The van der Waals surface area contributed by atoms with Crippen LogP contribution in [0.3, 0.4) is 0 Å². The lowest BCUT2D eigenvalue weighted by Gasteiger charge is -2.26. The molecule has 1 unspecified atom stereocenters. The van der Waals surface area contributed by atoms with E-state index >= 15 is 0 Å². The van der Waals surface area contributed by atoms with Crippen LogP contribution in [0.1, 0.15) is 50.8 Å². The first-order chi connectivity index (χ1) is 18.4. The number of aryl methyl sites for hydroxylation is 1. The third kappa shape index (κ3) is 7.55. The number of benzene rings is 2. The number of pyridine rings is 1. The maximum absolute atomic E-state index is 11.7. The molecule has 0 aliphatic carbocycles. The van der Waals surface area contributed by atoms with Crippen LogP contribution in [0.4, 0.5) is 0 Å². The highest BCUT2D eigenvalue weighted by molar-refractivity contribution is 6.32. The molecule has 2 atom stereocenters. The average Bonchev–Trinajstić information content (AvgIpc) is 2.93. The molecule has 0 aliphatic heterocycles. The minimum Gasteiger partial charge on any atom is -0.488 e. The second-order valence-electron chi connectivity index (χ2n) is 8.44. The quantitative estimate of drug-likeness (QED) is 0.184. The zero-order chi connectivity index (χ0) is 27.5. The van der Waals surface area contributed by atoms with E-state index in [1.807, 2.05) is 32.1 Å². The van der Waals surface area contributed by atoms with Gasteiger partial charge in [0.1, 0.15) is 48.4 Å². The summed E-state index contributed by atoms with van der Waals surface area (Å²) in [5, 5.41) is 9.33. The number of hydrogen-bond acceptors (Lipinski definition) is 7. The van der Waals surface area contributed by atoms with Gasteiger partial charge >= 0.3 is 0 Å². The van der Waals surface area contributed by atoms with Crippen molar-refractivity contribution in [1.29, 1.82) is 5.26 Å². The van der Waals surface area contributed by atoms with Gasteiger partial charge in [-0.2, -0.15) is 5.26 Å². The highest BCUT2D eigenvalue weighted by Crippen LogP contribution is 2.34. The Balaban J connectivity index is 1.83. The summed E-state index contributed by atoms with van der Waals surface area (Å²) in [6, 6.07) is 11.9. The third-order valence-corrected chi connectivity index (χ3v) is 5.90. The molecule has 1 heterocycles. The van der Waals surface area contributed by atoms with Gasteiger partial charge < -0.3 is 14.2 Å². The second kappa shape index (κ2) is 13.8. The predicted octanol–water partition coefficient (Wildman–Crippen LogP) is 6.47. The molecule has 8 heteroatoms. The number of ether oxygens (including phenoxy) is 3. The van der Waals surface area contributed by atoms with Crippen molar-refractivity contribution in [3.05, 3.63) is 106 Å².